The normalized spacial score (nSPS) is 13.1. The summed E-state index contributed by atoms with van der Waals surface area (Å²) in [5, 5.41) is 11.2. The lowest BCUT2D eigenvalue weighted by Crippen LogP contribution is -2.27. The molecule has 0 fully saturated rings. The minimum absolute atomic E-state index is 0.103. The zero-order chi connectivity index (χ0) is 25.0. The molecule has 0 spiro atoms. The molecule has 3 rings (SSSR count). The largest absolute Gasteiger partial charge is 0.460 e. The molecule has 34 heavy (non-hydrogen) atoms. The number of aliphatic hydroxyl groups excluding tert-OH is 1. The molecule has 0 aliphatic heterocycles. The lowest BCUT2D eigenvalue weighted by atomic mass is 10.0. The highest BCUT2D eigenvalue weighted by atomic mass is 19.1. The van der Waals surface area contributed by atoms with Gasteiger partial charge in [-0.3, -0.25) is 9.59 Å². The van der Waals surface area contributed by atoms with E-state index in [1.807, 2.05) is 24.3 Å². The number of aliphatic hydroxyl groups is 1. The third-order valence-electron chi connectivity index (χ3n) is 5.28. The first-order chi connectivity index (χ1) is 16.0. The number of hydrogen-bond donors (Lipinski definition) is 1. The van der Waals surface area contributed by atoms with Crippen molar-refractivity contribution in [1.82, 2.24) is 4.57 Å². The van der Waals surface area contributed by atoms with Gasteiger partial charge in [0.1, 0.15) is 11.4 Å². The summed E-state index contributed by atoms with van der Waals surface area (Å²) >= 11 is 0. The standard InChI is InChI=1S/C28H32FNO4/c1-18(2)30-24-9-7-6-8-23(24)27(19-10-12-20(29)13-11-19)25(30)15-14-21(31)16-22(32)17-26(33)34-28(3,4)5/h6-15,18,22,32H,16-17H2,1-5H3/b15-14+. The highest BCUT2D eigenvalue weighted by molar-refractivity contribution is 6.03. The molecule has 2 aromatic carbocycles. The molecule has 0 bridgehead atoms. The van der Waals surface area contributed by atoms with Crippen molar-refractivity contribution in [3.8, 4) is 11.1 Å². The Morgan fingerprint density at radius 1 is 1.06 bits per heavy atom. The second-order valence-corrected chi connectivity index (χ2v) is 9.70. The monoisotopic (exact) mass is 465 g/mol. The van der Waals surface area contributed by atoms with Gasteiger partial charge in [-0.1, -0.05) is 30.3 Å². The Balaban J connectivity index is 1.92. The molecule has 1 atom stereocenters. The van der Waals surface area contributed by atoms with Gasteiger partial charge in [-0.25, -0.2) is 4.39 Å². The topological polar surface area (TPSA) is 68.5 Å². The lowest BCUT2D eigenvalue weighted by molar-refractivity contribution is -0.157. The number of ketones is 1. The van der Waals surface area contributed by atoms with Crippen molar-refractivity contribution in [2.45, 2.75) is 65.2 Å². The smallest absolute Gasteiger partial charge is 0.308 e. The molecule has 0 saturated carbocycles. The fraction of sp³-hybridized carbons (Fsp3) is 0.357. The van der Waals surface area contributed by atoms with E-state index in [1.54, 1.807) is 39.0 Å². The van der Waals surface area contributed by atoms with Crippen LogP contribution in [0.5, 0.6) is 0 Å². The van der Waals surface area contributed by atoms with E-state index in [0.717, 1.165) is 27.7 Å². The number of para-hydroxylation sites is 1. The van der Waals surface area contributed by atoms with Crippen LogP contribution in [0.4, 0.5) is 4.39 Å². The average molecular weight is 466 g/mol. The summed E-state index contributed by atoms with van der Waals surface area (Å²) in [6.07, 6.45) is 1.60. The van der Waals surface area contributed by atoms with E-state index in [-0.39, 0.29) is 30.5 Å². The predicted octanol–water partition coefficient (Wildman–Crippen LogP) is 6.09. The van der Waals surface area contributed by atoms with Crippen molar-refractivity contribution >= 4 is 28.7 Å². The minimum Gasteiger partial charge on any atom is -0.460 e. The first-order valence-corrected chi connectivity index (χ1v) is 11.5. The van der Waals surface area contributed by atoms with Crippen molar-refractivity contribution in [1.29, 1.82) is 0 Å². The third kappa shape index (κ3) is 6.20. The number of benzene rings is 2. The molecule has 0 radical (unpaired) electrons. The highest BCUT2D eigenvalue weighted by Gasteiger charge is 2.21. The molecule has 6 heteroatoms. The summed E-state index contributed by atoms with van der Waals surface area (Å²) in [6, 6.07) is 14.3. The molecule has 0 aliphatic rings. The van der Waals surface area contributed by atoms with E-state index in [4.69, 9.17) is 4.74 Å². The first-order valence-electron chi connectivity index (χ1n) is 11.5. The number of carbonyl (C=O) groups excluding carboxylic acids is 2. The number of esters is 1. The first kappa shape index (κ1) is 25.4. The molecule has 1 heterocycles. The third-order valence-corrected chi connectivity index (χ3v) is 5.28. The van der Waals surface area contributed by atoms with Gasteiger partial charge in [0.25, 0.3) is 0 Å². The van der Waals surface area contributed by atoms with E-state index in [1.165, 1.54) is 18.2 Å². The maximum atomic E-state index is 13.6. The second-order valence-electron chi connectivity index (χ2n) is 9.70. The van der Waals surface area contributed by atoms with Gasteiger partial charge >= 0.3 is 5.97 Å². The van der Waals surface area contributed by atoms with E-state index in [2.05, 4.69) is 18.4 Å². The molecular weight excluding hydrogens is 433 g/mol. The number of halogens is 1. The summed E-state index contributed by atoms with van der Waals surface area (Å²) < 4.78 is 20.9. The van der Waals surface area contributed by atoms with Crippen LogP contribution in [0.25, 0.3) is 28.1 Å². The molecule has 1 N–H and O–H groups in total. The predicted molar refractivity (Wildman–Crippen MR) is 133 cm³/mol. The Morgan fingerprint density at radius 3 is 2.32 bits per heavy atom. The fourth-order valence-corrected chi connectivity index (χ4v) is 4.04. The summed E-state index contributed by atoms with van der Waals surface area (Å²) in [4.78, 5) is 24.6. The lowest BCUT2D eigenvalue weighted by Gasteiger charge is -2.20. The van der Waals surface area contributed by atoms with Crippen LogP contribution in [-0.2, 0) is 14.3 Å². The van der Waals surface area contributed by atoms with Gasteiger partial charge in [-0.15, -0.1) is 0 Å². The maximum Gasteiger partial charge on any atom is 0.308 e. The van der Waals surface area contributed by atoms with Crippen molar-refractivity contribution in [2.24, 2.45) is 0 Å². The minimum atomic E-state index is -1.13. The number of ether oxygens (including phenoxy) is 1. The van der Waals surface area contributed by atoms with Crippen molar-refractivity contribution in [2.75, 3.05) is 0 Å². The molecule has 0 amide bonds. The SMILES string of the molecule is CC(C)n1c(/C=C/C(=O)CC(O)CC(=O)OC(C)(C)C)c(-c2ccc(F)cc2)c2ccccc21. The Morgan fingerprint density at radius 2 is 1.71 bits per heavy atom. The number of nitrogens with zero attached hydrogens (tertiary/aromatic N) is 1. The van der Waals surface area contributed by atoms with E-state index < -0.39 is 17.7 Å². The van der Waals surface area contributed by atoms with E-state index in [0.29, 0.717) is 0 Å². The number of fused-ring (bicyclic) bond motifs is 1. The van der Waals surface area contributed by atoms with Crippen LogP contribution in [0.3, 0.4) is 0 Å². The quantitative estimate of drug-likeness (QED) is 0.323. The molecule has 5 nitrogen and oxygen atoms in total. The number of aromatic nitrogens is 1. The molecule has 1 aromatic heterocycles. The van der Waals surface area contributed by atoms with E-state index >= 15 is 0 Å². The van der Waals surface area contributed by atoms with Gasteiger partial charge < -0.3 is 14.4 Å². The zero-order valence-corrected chi connectivity index (χ0v) is 20.3. The van der Waals surface area contributed by atoms with Crippen LogP contribution in [-0.4, -0.2) is 33.1 Å². The van der Waals surface area contributed by atoms with Gasteiger partial charge in [0.05, 0.1) is 18.2 Å². The summed E-state index contributed by atoms with van der Waals surface area (Å²) in [5.74, 6) is -1.17. The fourth-order valence-electron chi connectivity index (χ4n) is 4.04. The Labute approximate surface area is 199 Å². The molecule has 3 aromatic rings. The molecule has 180 valence electrons. The van der Waals surface area contributed by atoms with Crippen molar-refractivity contribution < 1.29 is 23.8 Å². The Kier molecular flexibility index (Phi) is 7.72. The number of allylic oxidation sites excluding steroid dienone is 1. The van der Waals surface area contributed by atoms with Gasteiger partial charge in [0.2, 0.25) is 0 Å². The van der Waals surface area contributed by atoms with E-state index in [9.17, 15) is 19.1 Å². The van der Waals surface area contributed by atoms with Crippen LogP contribution >= 0.6 is 0 Å². The molecular formula is C28H32FNO4. The van der Waals surface area contributed by atoms with Crippen molar-refractivity contribution in [3.63, 3.8) is 0 Å². The summed E-state index contributed by atoms with van der Waals surface area (Å²) in [6.45, 7) is 9.36. The summed E-state index contributed by atoms with van der Waals surface area (Å²) in [5.41, 5.74) is 2.92. The number of hydrogen-bond acceptors (Lipinski definition) is 4. The maximum absolute atomic E-state index is 13.6. The van der Waals surface area contributed by atoms with Crippen LogP contribution in [0.2, 0.25) is 0 Å². The van der Waals surface area contributed by atoms with Crippen LogP contribution in [0.1, 0.15) is 59.2 Å². The van der Waals surface area contributed by atoms with Gasteiger partial charge in [0, 0.05) is 28.9 Å². The van der Waals surface area contributed by atoms with Gasteiger partial charge in [-0.2, -0.15) is 0 Å². The van der Waals surface area contributed by atoms with Crippen LogP contribution < -0.4 is 0 Å². The average Bonchev–Trinajstić information content (AvgIpc) is 3.05. The number of rotatable bonds is 8. The molecule has 0 aliphatic carbocycles. The highest BCUT2D eigenvalue weighted by Crippen LogP contribution is 2.37. The van der Waals surface area contributed by atoms with Crippen molar-refractivity contribution in [3.05, 3.63) is 66.1 Å². The van der Waals surface area contributed by atoms with Gasteiger partial charge in [0.15, 0.2) is 5.78 Å². The van der Waals surface area contributed by atoms with Crippen LogP contribution in [0.15, 0.2) is 54.6 Å². The summed E-state index contributed by atoms with van der Waals surface area (Å²) in [7, 11) is 0. The second kappa shape index (κ2) is 10.3. The Bertz CT molecular complexity index is 1200. The van der Waals surface area contributed by atoms with Gasteiger partial charge in [-0.05, 0) is 70.5 Å². The van der Waals surface area contributed by atoms with Crippen LogP contribution in [0, 0.1) is 5.82 Å². The molecule has 0 saturated heterocycles. The Hall–Kier alpha value is -3.25. The number of carbonyl (C=O) groups is 2. The zero-order valence-electron chi connectivity index (χ0n) is 20.3. The molecule has 1 unspecified atom stereocenters.